The number of hydrogen-bond donors (Lipinski definition) is 1. The number of nitrogens with one attached hydrogen (secondary N) is 1. The van der Waals surface area contributed by atoms with Crippen molar-refractivity contribution in [1.29, 1.82) is 0 Å². The van der Waals surface area contributed by atoms with E-state index in [4.69, 9.17) is 4.74 Å². The summed E-state index contributed by atoms with van der Waals surface area (Å²) in [5.74, 6) is 0.791. The number of amides is 1. The molecule has 2 aromatic rings. The smallest absolute Gasteiger partial charge is 0.251 e. The molecule has 0 aliphatic carbocycles. The van der Waals surface area contributed by atoms with Crippen LogP contribution in [0, 0.1) is 6.92 Å². The van der Waals surface area contributed by atoms with E-state index in [1.165, 1.54) is 5.56 Å². The molecule has 2 aromatic carbocycles. The highest BCUT2D eigenvalue weighted by Crippen LogP contribution is 2.28. The summed E-state index contributed by atoms with van der Waals surface area (Å²) in [4.78, 5) is 12.5. The molecule has 0 aromatic heterocycles. The zero-order chi connectivity index (χ0) is 18.4. The third-order valence-corrected chi connectivity index (χ3v) is 4.49. The lowest BCUT2D eigenvalue weighted by Gasteiger charge is -2.29. The van der Waals surface area contributed by atoms with E-state index < -0.39 is 0 Å². The second-order valence-corrected chi connectivity index (χ2v) is 7.24. The van der Waals surface area contributed by atoms with Gasteiger partial charge in [-0.15, -0.1) is 0 Å². The molecule has 0 saturated heterocycles. The molecule has 0 radical (unpaired) electrons. The van der Waals surface area contributed by atoms with Gasteiger partial charge in [0.2, 0.25) is 0 Å². The average Bonchev–Trinajstić information content (AvgIpc) is 2.57. The molecule has 0 spiro atoms. The van der Waals surface area contributed by atoms with Crippen molar-refractivity contribution in [2.24, 2.45) is 0 Å². The lowest BCUT2D eigenvalue weighted by Crippen LogP contribution is -2.37. The molecule has 0 fully saturated rings. The van der Waals surface area contributed by atoms with Crippen LogP contribution in [0.1, 0.15) is 55.6 Å². The number of rotatable bonds is 7. The molecule has 1 amide bonds. The molecular formula is C22H29NO2. The largest absolute Gasteiger partial charge is 0.494 e. The predicted molar refractivity (Wildman–Crippen MR) is 103 cm³/mol. The maximum atomic E-state index is 12.5. The molecule has 0 aliphatic heterocycles. The number of carbonyl (C=O) groups excluding carboxylic acids is 1. The van der Waals surface area contributed by atoms with Crippen molar-refractivity contribution in [1.82, 2.24) is 5.32 Å². The molecule has 25 heavy (non-hydrogen) atoms. The Balaban J connectivity index is 2.01. The van der Waals surface area contributed by atoms with Gasteiger partial charge in [-0.2, -0.15) is 0 Å². The second-order valence-electron chi connectivity index (χ2n) is 7.24. The van der Waals surface area contributed by atoms with Gasteiger partial charge in [-0.3, -0.25) is 4.79 Å². The summed E-state index contributed by atoms with van der Waals surface area (Å²) in [5, 5.41) is 3.12. The molecule has 0 aliphatic rings. The molecule has 1 atom stereocenters. The summed E-state index contributed by atoms with van der Waals surface area (Å²) < 4.78 is 5.54. The Kier molecular flexibility index (Phi) is 6.24. The molecule has 3 nitrogen and oxygen atoms in total. The monoisotopic (exact) mass is 339 g/mol. The van der Waals surface area contributed by atoms with Gasteiger partial charge >= 0.3 is 0 Å². The molecule has 0 saturated carbocycles. The fourth-order valence-corrected chi connectivity index (χ4v) is 3.24. The summed E-state index contributed by atoms with van der Waals surface area (Å²) >= 11 is 0. The molecule has 0 heterocycles. The molecule has 1 N–H and O–H groups in total. The Hall–Kier alpha value is -2.29. The third kappa shape index (κ3) is 5.09. The van der Waals surface area contributed by atoms with Gasteiger partial charge in [0, 0.05) is 11.6 Å². The van der Waals surface area contributed by atoms with Crippen LogP contribution >= 0.6 is 0 Å². The zero-order valence-corrected chi connectivity index (χ0v) is 15.9. The van der Waals surface area contributed by atoms with Gasteiger partial charge in [-0.25, -0.2) is 0 Å². The standard InChI is InChI=1S/C22H29NO2/c1-6-25-20-13-12-18(14-16(20)2)21(24)23-17(3)15-22(4,5)19-10-8-7-9-11-19/h7-14,17H,6,15H2,1-5H3,(H,23,24)/t17-/m1/s1. The van der Waals surface area contributed by atoms with Crippen molar-refractivity contribution in [3.8, 4) is 5.75 Å². The van der Waals surface area contributed by atoms with Crippen molar-refractivity contribution in [3.05, 3.63) is 65.2 Å². The van der Waals surface area contributed by atoms with Crippen LogP contribution in [0.15, 0.2) is 48.5 Å². The number of carbonyl (C=O) groups is 1. The Labute approximate surface area is 151 Å². The molecule has 134 valence electrons. The summed E-state index contributed by atoms with van der Waals surface area (Å²) in [7, 11) is 0. The van der Waals surface area contributed by atoms with Gasteiger partial charge in [-0.05, 0) is 61.9 Å². The summed E-state index contributed by atoms with van der Waals surface area (Å²) in [6.07, 6.45) is 0.874. The van der Waals surface area contributed by atoms with Gasteiger partial charge in [0.1, 0.15) is 5.75 Å². The van der Waals surface area contributed by atoms with Crippen molar-refractivity contribution in [2.75, 3.05) is 6.61 Å². The topological polar surface area (TPSA) is 38.3 Å². The Morgan fingerprint density at radius 3 is 2.44 bits per heavy atom. The summed E-state index contributed by atoms with van der Waals surface area (Å²) in [6, 6.07) is 16.1. The Morgan fingerprint density at radius 1 is 1.16 bits per heavy atom. The van der Waals surface area contributed by atoms with Gasteiger partial charge in [-0.1, -0.05) is 44.2 Å². The Morgan fingerprint density at radius 2 is 1.84 bits per heavy atom. The number of hydrogen-bond acceptors (Lipinski definition) is 2. The maximum absolute atomic E-state index is 12.5. The molecule has 3 heteroatoms. The van der Waals surface area contributed by atoms with Crippen LogP contribution in [-0.2, 0) is 5.41 Å². The van der Waals surface area contributed by atoms with Crippen molar-refractivity contribution < 1.29 is 9.53 Å². The number of ether oxygens (including phenoxy) is 1. The van der Waals surface area contributed by atoms with E-state index in [1.54, 1.807) is 0 Å². The van der Waals surface area contributed by atoms with Crippen LogP contribution in [0.3, 0.4) is 0 Å². The fraction of sp³-hybridized carbons (Fsp3) is 0.409. The molecule has 0 unspecified atom stereocenters. The second kappa shape index (κ2) is 8.19. The first-order valence-corrected chi connectivity index (χ1v) is 8.93. The van der Waals surface area contributed by atoms with Crippen LogP contribution in [0.5, 0.6) is 5.75 Å². The minimum absolute atomic E-state index is 0.00268. The normalized spacial score (nSPS) is 12.5. The molecule has 0 bridgehead atoms. The first-order valence-electron chi connectivity index (χ1n) is 8.93. The maximum Gasteiger partial charge on any atom is 0.251 e. The van der Waals surface area contributed by atoms with Gasteiger partial charge < -0.3 is 10.1 Å². The van der Waals surface area contributed by atoms with E-state index in [2.05, 4.69) is 50.4 Å². The van der Waals surface area contributed by atoms with Crippen LogP contribution in [0.4, 0.5) is 0 Å². The highest BCUT2D eigenvalue weighted by atomic mass is 16.5. The zero-order valence-electron chi connectivity index (χ0n) is 15.9. The van der Waals surface area contributed by atoms with E-state index in [1.807, 2.05) is 38.1 Å². The predicted octanol–water partition coefficient (Wildman–Crippen LogP) is 4.88. The fourth-order valence-electron chi connectivity index (χ4n) is 3.24. The van der Waals surface area contributed by atoms with Crippen LogP contribution in [0.2, 0.25) is 0 Å². The first-order chi connectivity index (χ1) is 11.8. The van der Waals surface area contributed by atoms with Crippen molar-refractivity contribution in [3.63, 3.8) is 0 Å². The minimum atomic E-state index is -0.0393. The van der Waals surface area contributed by atoms with E-state index in [0.29, 0.717) is 12.2 Å². The summed E-state index contributed by atoms with van der Waals surface area (Å²) in [6.45, 7) is 11.0. The van der Waals surface area contributed by atoms with E-state index >= 15 is 0 Å². The average molecular weight is 339 g/mol. The number of benzene rings is 2. The quantitative estimate of drug-likeness (QED) is 0.781. The summed E-state index contributed by atoms with van der Waals surface area (Å²) in [5.41, 5.74) is 2.94. The van der Waals surface area contributed by atoms with Crippen LogP contribution in [0.25, 0.3) is 0 Å². The van der Waals surface area contributed by atoms with E-state index in [0.717, 1.165) is 17.7 Å². The Bertz CT molecular complexity index is 707. The molecule has 2 rings (SSSR count). The van der Waals surface area contributed by atoms with E-state index in [-0.39, 0.29) is 17.4 Å². The molecular weight excluding hydrogens is 310 g/mol. The van der Waals surface area contributed by atoms with E-state index in [9.17, 15) is 4.79 Å². The lowest BCUT2D eigenvalue weighted by atomic mass is 9.79. The van der Waals surface area contributed by atoms with Crippen LogP contribution < -0.4 is 10.1 Å². The lowest BCUT2D eigenvalue weighted by molar-refractivity contribution is 0.0934. The first kappa shape index (κ1) is 19.0. The van der Waals surface area contributed by atoms with Crippen LogP contribution in [-0.4, -0.2) is 18.6 Å². The van der Waals surface area contributed by atoms with Gasteiger partial charge in [0.15, 0.2) is 0 Å². The number of aryl methyl sites for hydroxylation is 1. The van der Waals surface area contributed by atoms with Gasteiger partial charge in [0.25, 0.3) is 5.91 Å². The van der Waals surface area contributed by atoms with Crippen molar-refractivity contribution >= 4 is 5.91 Å². The highest BCUT2D eigenvalue weighted by Gasteiger charge is 2.24. The minimum Gasteiger partial charge on any atom is -0.494 e. The van der Waals surface area contributed by atoms with Crippen molar-refractivity contribution in [2.45, 2.75) is 52.5 Å². The highest BCUT2D eigenvalue weighted by molar-refractivity contribution is 5.94. The van der Waals surface area contributed by atoms with Gasteiger partial charge in [0.05, 0.1) is 6.61 Å². The third-order valence-electron chi connectivity index (χ3n) is 4.49. The SMILES string of the molecule is CCOc1ccc(C(=O)N[C@H](C)CC(C)(C)c2ccccc2)cc1C.